The van der Waals surface area contributed by atoms with Crippen LogP contribution in [0.2, 0.25) is 0 Å². The van der Waals surface area contributed by atoms with Gasteiger partial charge in [0.25, 0.3) is 0 Å². The fraction of sp³-hybridized carbons (Fsp3) is 0.833. The molecule has 0 rings (SSSR count). The van der Waals surface area contributed by atoms with Crippen LogP contribution >= 0.6 is 15.9 Å². The van der Waals surface area contributed by atoms with Gasteiger partial charge < -0.3 is 14.6 Å². The van der Waals surface area contributed by atoms with Crippen molar-refractivity contribution in [1.82, 2.24) is 0 Å². The quantitative estimate of drug-likeness (QED) is 0.558. The second-order valence-electron chi connectivity index (χ2n) is 2.02. The van der Waals surface area contributed by atoms with Crippen LogP contribution in [0.1, 0.15) is 6.42 Å². The molecule has 0 aliphatic carbocycles. The zero-order valence-electron chi connectivity index (χ0n) is 6.46. The van der Waals surface area contributed by atoms with E-state index >= 15 is 0 Å². The van der Waals surface area contributed by atoms with Gasteiger partial charge in [-0.15, -0.1) is 0 Å². The Bertz CT molecular complexity index is 124. The van der Waals surface area contributed by atoms with Crippen LogP contribution in [0.5, 0.6) is 0 Å². The molecule has 0 amide bonds. The molecule has 4 nitrogen and oxygen atoms in total. The van der Waals surface area contributed by atoms with Crippen LogP contribution in [0.3, 0.4) is 0 Å². The minimum absolute atomic E-state index is 0.175. The minimum atomic E-state index is -1.04. The zero-order chi connectivity index (χ0) is 8.91. The van der Waals surface area contributed by atoms with Crippen LogP contribution in [0.15, 0.2) is 0 Å². The Morgan fingerprint density at radius 3 is 2.09 bits per heavy atom. The lowest BCUT2D eigenvalue weighted by atomic mass is 10.2. The van der Waals surface area contributed by atoms with Gasteiger partial charge >= 0.3 is 5.97 Å². The van der Waals surface area contributed by atoms with E-state index in [9.17, 15) is 4.79 Å². The molecule has 66 valence electrons. The highest BCUT2D eigenvalue weighted by Crippen LogP contribution is 2.18. The number of carbonyl (C=O) groups is 1. The molecule has 0 aromatic carbocycles. The van der Waals surface area contributed by atoms with Crippen molar-refractivity contribution in [2.24, 2.45) is 0 Å². The van der Waals surface area contributed by atoms with E-state index in [2.05, 4.69) is 15.9 Å². The third-order valence-corrected chi connectivity index (χ3v) is 2.22. The van der Waals surface area contributed by atoms with E-state index < -0.39 is 11.8 Å². The predicted octanol–water partition coefficient (Wildman–Crippen LogP) is 0.845. The average molecular weight is 227 g/mol. The molecule has 0 saturated heterocycles. The molecule has 0 spiro atoms. The van der Waals surface area contributed by atoms with Gasteiger partial charge in [-0.05, 0) is 0 Å². The highest BCUT2D eigenvalue weighted by molar-refractivity contribution is 9.09. The number of carboxylic acid groups (broad SMARTS) is 1. The Morgan fingerprint density at radius 2 is 2.00 bits per heavy atom. The third kappa shape index (κ3) is 3.18. The van der Waals surface area contributed by atoms with Gasteiger partial charge in [-0.25, -0.2) is 0 Å². The van der Waals surface area contributed by atoms with Crippen LogP contribution in [0, 0.1) is 0 Å². The molecule has 0 fully saturated rings. The van der Waals surface area contributed by atoms with E-state index in [4.69, 9.17) is 14.6 Å². The van der Waals surface area contributed by atoms with Gasteiger partial charge in [-0.1, -0.05) is 15.9 Å². The molecule has 0 aliphatic rings. The number of rotatable bonds is 5. The first-order valence-corrected chi connectivity index (χ1v) is 4.10. The second-order valence-corrected chi connectivity index (χ2v) is 2.58. The number of methoxy groups -OCH3 is 2. The number of alkyl halides is 1. The number of hydrogen-bond donors (Lipinski definition) is 1. The van der Waals surface area contributed by atoms with E-state index in [-0.39, 0.29) is 6.42 Å². The molecule has 0 heterocycles. The lowest BCUT2D eigenvalue weighted by Crippen LogP contribution is -2.38. The van der Waals surface area contributed by atoms with E-state index in [1.54, 1.807) is 0 Å². The summed E-state index contributed by atoms with van der Waals surface area (Å²) >= 11 is 3.11. The Morgan fingerprint density at radius 1 is 1.55 bits per heavy atom. The average Bonchev–Trinajstić information content (AvgIpc) is 2.00. The molecule has 0 atom stereocenters. The highest BCUT2D eigenvalue weighted by atomic mass is 79.9. The number of hydrogen-bond acceptors (Lipinski definition) is 3. The molecule has 0 bridgehead atoms. The van der Waals surface area contributed by atoms with Gasteiger partial charge in [-0.2, -0.15) is 0 Å². The molecule has 0 unspecified atom stereocenters. The van der Waals surface area contributed by atoms with Gasteiger partial charge in [0.2, 0.25) is 0 Å². The van der Waals surface area contributed by atoms with E-state index in [0.29, 0.717) is 5.33 Å². The molecular weight excluding hydrogens is 216 g/mol. The van der Waals surface area contributed by atoms with Crippen molar-refractivity contribution in [3.63, 3.8) is 0 Å². The number of ether oxygens (including phenoxy) is 2. The zero-order valence-corrected chi connectivity index (χ0v) is 8.05. The first-order chi connectivity index (χ1) is 5.10. The molecule has 1 N–H and O–H groups in total. The minimum Gasteiger partial charge on any atom is -0.481 e. The van der Waals surface area contributed by atoms with Crippen molar-refractivity contribution >= 4 is 21.9 Å². The summed E-state index contributed by atoms with van der Waals surface area (Å²) in [5, 5.41) is 8.79. The lowest BCUT2D eigenvalue weighted by molar-refractivity contribution is -0.199. The number of carboxylic acids is 1. The molecule has 0 radical (unpaired) electrons. The van der Waals surface area contributed by atoms with Crippen LogP contribution in [0.25, 0.3) is 0 Å². The van der Waals surface area contributed by atoms with Crippen LogP contribution in [-0.2, 0) is 14.3 Å². The summed E-state index contributed by atoms with van der Waals surface area (Å²) in [6.07, 6.45) is -0.175. The Kier molecular flexibility index (Phi) is 4.63. The molecule has 5 heteroatoms. The second kappa shape index (κ2) is 4.69. The summed E-state index contributed by atoms with van der Waals surface area (Å²) in [4.78, 5) is 10.3. The van der Waals surface area contributed by atoms with Gasteiger partial charge in [0.1, 0.15) is 6.42 Å². The van der Waals surface area contributed by atoms with Gasteiger partial charge in [-0.3, -0.25) is 4.79 Å². The Labute approximate surface area is 73.6 Å². The maximum atomic E-state index is 10.3. The number of aliphatic carboxylic acids is 1. The summed E-state index contributed by atoms with van der Waals surface area (Å²) < 4.78 is 9.79. The standard InChI is InChI=1S/C6H11BrO4/c1-10-6(4-7,11-2)3-5(8)9/h3-4H2,1-2H3,(H,8,9). The molecule has 11 heavy (non-hydrogen) atoms. The fourth-order valence-electron chi connectivity index (χ4n) is 0.614. The van der Waals surface area contributed by atoms with Crippen molar-refractivity contribution in [2.75, 3.05) is 19.5 Å². The van der Waals surface area contributed by atoms with E-state index in [1.807, 2.05) is 0 Å². The first kappa shape index (κ1) is 10.9. The lowest BCUT2D eigenvalue weighted by Gasteiger charge is -2.26. The maximum absolute atomic E-state index is 10.3. The highest BCUT2D eigenvalue weighted by Gasteiger charge is 2.31. The van der Waals surface area contributed by atoms with Crippen LogP contribution in [-0.4, -0.2) is 36.4 Å². The Balaban J connectivity index is 4.16. The molecule has 0 aromatic rings. The fourth-order valence-corrected chi connectivity index (χ4v) is 1.27. The van der Waals surface area contributed by atoms with Crippen LogP contribution < -0.4 is 0 Å². The molecule has 0 aliphatic heterocycles. The third-order valence-electron chi connectivity index (χ3n) is 1.37. The molecule has 0 aromatic heterocycles. The summed E-state index contributed by atoms with van der Waals surface area (Å²) in [5.74, 6) is -1.99. The van der Waals surface area contributed by atoms with Gasteiger partial charge in [0, 0.05) is 14.2 Å². The van der Waals surface area contributed by atoms with Crippen molar-refractivity contribution in [1.29, 1.82) is 0 Å². The first-order valence-electron chi connectivity index (χ1n) is 2.98. The van der Waals surface area contributed by atoms with Gasteiger partial charge in [0.15, 0.2) is 5.79 Å². The van der Waals surface area contributed by atoms with Crippen molar-refractivity contribution in [3.05, 3.63) is 0 Å². The van der Waals surface area contributed by atoms with E-state index in [0.717, 1.165) is 0 Å². The monoisotopic (exact) mass is 226 g/mol. The maximum Gasteiger partial charge on any atom is 0.308 e. The summed E-state index contributed by atoms with van der Waals surface area (Å²) in [6, 6.07) is 0. The normalized spacial score (nSPS) is 11.5. The smallest absolute Gasteiger partial charge is 0.308 e. The molecular formula is C6H11BrO4. The summed E-state index contributed by atoms with van der Waals surface area (Å²) in [6.45, 7) is 0. The predicted molar refractivity (Wildman–Crippen MR) is 42.8 cm³/mol. The van der Waals surface area contributed by atoms with Crippen LogP contribution in [0.4, 0.5) is 0 Å². The van der Waals surface area contributed by atoms with Gasteiger partial charge in [0.05, 0.1) is 5.33 Å². The SMILES string of the molecule is COC(CBr)(CC(=O)O)OC. The van der Waals surface area contributed by atoms with Crippen molar-refractivity contribution in [2.45, 2.75) is 12.2 Å². The topological polar surface area (TPSA) is 55.8 Å². The van der Waals surface area contributed by atoms with Crippen molar-refractivity contribution in [3.8, 4) is 0 Å². The number of halogens is 1. The van der Waals surface area contributed by atoms with Crippen molar-refractivity contribution < 1.29 is 19.4 Å². The summed E-state index contributed by atoms with van der Waals surface area (Å²) in [7, 11) is 2.82. The summed E-state index contributed by atoms with van der Waals surface area (Å²) in [5.41, 5.74) is 0. The largest absolute Gasteiger partial charge is 0.481 e. The Hall–Kier alpha value is -0.130. The molecule has 0 saturated carbocycles. The van der Waals surface area contributed by atoms with E-state index in [1.165, 1.54) is 14.2 Å².